The predicted molar refractivity (Wildman–Crippen MR) is 144 cm³/mol. The van der Waals surface area contributed by atoms with E-state index in [1.54, 1.807) is 42.5 Å². The van der Waals surface area contributed by atoms with Gasteiger partial charge in [-0.25, -0.2) is 4.39 Å². The number of hydrogen-bond donors (Lipinski definition) is 0. The summed E-state index contributed by atoms with van der Waals surface area (Å²) in [6.45, 7) is 0.0405. The van der Waals surface area contributed by atoms with Gasteiger partial charge >= 0.3 is 0 Å². The Balaban J connectivity index is 1.59. The quantitative estimate of drug-likeness (QED) is 0.215. The molecule has 182 valence electrons. The summed E-state index contributed by atoms with van der Waals surface area (Å²) in [5.41, 5.74) is 1.38. The summed E-state index contributed by atoms with van der Waals surface area (Å²) in [6.07, 6.45) is 1.79. The zero-order chi connectivity index (χ0) is 25.4. The summed E-state index contributed by atoms with van der Waals surface area (Å²) in [5, 5.41) is 15.1. The third kappa shape index (κ3) is 5.23. The van der Waals surface area contributed by atoms with E-state index in [1.807, 2.05) is 6.07 Å². The van der Waals surface area contributed by atoms with Crippen molar-refractivity contribution < 1.29 is 9.13 Å². The van der Waals surface area contributed by atoms with Gasteiger partial charge < -0.3 is 4.74 Å². The van der Waals surface area contributed by atoms with Crippen molar-refractivity contribution in [3.8, 4) is 5.75 Å². The van der Waals surface area contributed by atoms with Crippen LogP contribution in [0.1, 0.15) is 17.0 Å². The number of fused-ring (bicyclic) bond motifs is 1. The van der Waals surface area contributed by atoms with Crippen LogP contribution in [-0.4, -0.2) is 20.6 Å². The molecule has 5 nitrogen and oxygen atoms in total. The van der Waals surface area contributed by atoms with E-state index < -0.39 is 5.82 Å². The summed E-state index contributed by atoms with van der Waals surface area (Å²) in [5.74, 6) is 0.262. The van der Waals surface area contributed by atoms with Crippen molar-refractivity contribution in [2.45, 2.75) is 11.8 Å². The standard InChI is InChI=1S/C24H12Cl5FN4OS/c25-13-6-5-12(16(27)8-13)7-21-23(14-9-19(30)18(29)10-17(14)28)33-34-22(31-32-24(34)36-21)11-35-20-4-2-1-3-15(20)26/h1-10H,11H2/b21-7-. The summed E-state index contributed by atoms with van der Waals surface area (Å²) >= 11 is 32.3. The maximum atomic E-state index is 14.5. The van der Waals surface area contributed by atoms with E-state index in [0.29, 0.717) is 53.5 Å². The van der Waals surface area contributed by atoms with E-state index in [0.717, 1.165) is 0 Å². The van der Waals surface area contributed by atoms with Gasteiger partial charge in [0.25, 0.3) is 0 Å². The topological polar surface area (TPSA) is 52.3 Å². The second kappa shape index (κ2) is 10.6. The average Bonchev–Trinajstić information content (AvgIpc) is 3.24. The highest BCUT2D eigenvalue weighted by molar-refractivity contribution is 8.04. The van der Waals surface area contributed by atoms with Crippen molar-refractivity contribution in [3.63, 3.8) is 0 Å². The number of allylic oxidation sites excluding steroid dienone is 1. The summed E-state index contributed by atoms with van der Waals surface area (Å²) in [4.78, 5) is 0.612. The fourth-order valence-electron chi connectivity index (χ4n) is 3.30. The molecule has 4 aromatic rings. The van der Waals surface area contributed by atoms with E-state index in [9.17, 15) is 4.39 Å². The van der Waals surface area contributed by atoms with Gasteiger partial charge in [0.15, 0.2) is 5.82 Å². The predicted octanol–water partition coefficient (Wildman–Crippen LogP) is 8.66. The van der Waals surface area contributed by atoms with Gasteiger partial charge in [0.2, 0.25) is 5.16 Å². The molecule has 1 aliphatic rings. The molecule has 36 heavy (non-hydrogen) atoms. The Hall–Kier alpha value is -2.26. The van der Waals surface area contributed by atoms with Crippen molar-refractivity contribution in [1.29, 1.82) is 0 Å². The number of nitrogens with zero attached hydrogens (tertiary/aromatic N) is 4. The van der Waals surface area contributed by atoms with Crippen LogP contribution in [0.15, 0.2) is 69.8 Å². The average molecular weight is 601 g/mol. The van der Waals surface area contributed by atoms with Crippen LogP contribution in [-0.2, 0) is 6.61 Å². The number of thioether (sulfide) groups is 1. The molecule has 0 fully saturated rings. The molecule has 5 rings (SSSR count). The highest BCUT2D eigenvalue weighted by Gasteiger charge is 2.27. The van der Waals surface area contributed by atoms with Crippen LogP contribution in [0.5, 0.6) is 5.75 Å². The van der Waals surface area contributed by atoms with Crippen molar-refractivity contribution in [2.75, 3.05) is 0 Å². The second-order valence-corrected chi connectivity index (χ2v) is 10.5. The van der Waals surface area contributed by atoms with Crippen LogP contribution in [0.25, 0.3) is 6.08 Å². The van der Waals surface area contributed by atoms with E-state index >= 15 is 0 Å². The van der Waals surface area contributed by atoms with Gasteiger partial charge in [-0.15, -0.1) is 10.2 Å². The normalized spacial score (nSPS) is 14.1. The third-order valence-electron chi connectivity index (χ3n) is 5.02. The van der Waals surface area contributed by atoms with Crippen LogP contribution in [0.4, 0.5) is 4.39 Å². The van der Waals surface area contributed by atoms with E-state index in [4.69, 9.17) is 67.8 Å². The lowest BCUT2D eigenvalue weighted by atomic mass is 10.1. The van der Waals surface area contributed by atoms with Gasteiger partial charge in [-0.3, -0.25) is 0 Å². The number of aromatic nitrogens is 3. The minimum Gasteiger partial charge on any atom is -0.484 e. The molecule has 1 aliphatic heterocycles. The van der Waals surface area contributed by atoms with Gasteiger partial charge in [0.05, 0.1) is 15.1 Å². The smallest absolute Gasteiger partial charge is 0.217 e. The Bertz CT molecular complexity index is 1560. The van der Waals surface area contributed by atoms with Gasteiger partial charge in [0.1, 0.15) is 23.9 Å². The molecular weight excluding hydrogens is 589 g/mol. The molecule has 0 N–H and O–H groups in total. The molecule has 0 amide bonds. The first-order valence-corrected chi connectivity index (χ1v) is 12.9. The van der Waals surface area contributed by atoms with Crippen LogP contribution in [0.2, 0.25) is 25.1 Å². The van der Waals surface area contributed by atoms with Crippen LogP contribution in [0, 0.1) is 5.82 Å². The van der Waals surface area contributed by atoms with Crippen molar-refractivity contribution in [2.24, 2.45) is 5.10 Å². The zero-order valence-electron chi connectivity index (χ0n) is 17.9. The Morgan fingerprint density at radius 3 is 2.47 bits per heavy atom. The van der Waals surface area contributed by atoms with Crippen LogP contribution in [0.3, 0.4) is 0 Å². The maximum Gasteiger partial charge on any atom is 0.217 e. The zero-order valence-corrected chi connectivity index (χ0v) is 22.4. The number of hydrogen-bond acceptors (Lipinski definition) is 5. The molecule has 0 saturated carbocycles. The van der Waals surface area contributed by atoms with Crippen molar-refractivity contribution in [1.82, 2.24) is 14.9 Å². The second-order valence-electron chi connectivity index (χ2n) is 7.40. The highest BCUT2D eigenvalue weighted by atomic mass is 35.5. The molecule has 3 aromatic carbocycles. The summed E-state index contributed by atoms with van der Waals surface area (Å²) in [6, 6.07) is 14.7. The summed E-state index contributed by atoms with van der Waals surface area (Å²) < 4.78 is 21.8. The summed E-state index contributed by atoms with van der Waals surface area (Å²) in [7, 11) is 0. The molecule has 0 bridgehead atoms. The largest absolute Gasteiger partial charge is 0.484 e. The Kier molecular flexibility index (Phi) is 7.49. The minimum atomic E-state index is -0.635. The van der Waals surface area contributed by atoms with Gasteiger partial charge in [0, 0.05) is 20.5 Å². The molecule has 2 heterocycles. The van der Waals surface area contributed by atoms with Gasteiger partial charge in [-0.2, -0.15) is 9.78 Å². The molecule has 0 unspecified atom stereocenters. The number of benzene rings is 3. The van der Waals surface area contributed by atoms with E-state index in [-0.39, 0.29) is 16.7 Å². The van der Waals surface area contributed by atoms with Crippen molar-refractivity contribution >= 4 is 81.6 Å². The van der Waals surface area contributed by atoms with Gasteiger partial charge in [-0.05, 0) is 59.8 Å². The number of halogens is 6. The molecule has 0 aliphatic carbocycles. The Morgan fingerprint density at radius 2 is 1.69 bits per heavy atom. The lowest BCUT2D eigenvalue weighted by molar-refractivity contribution is 0.290. The molecule has 0 spiro atoms. The van der Waals surface area contributed by atoms with E-state index in [1.165, 1.54) is 28.6 Å². The lowest BCUT2D eigenvalue weighted by Gasteiger charge is -2.18. The fourth-order valence-corrected chi connectivity index (χ4v) is 5.37. The first kappa shape index (κ1) is 25.4. The number of para-hydroxylation sites is 1. The molecule has 1 aromatic heterocycles. The molecule has 12 heteroatoms. The van der Waals surface area contributed by atoms with Gasteiger partial charge in [-0.1, -0.05) is 76.2 Å². The van der Waals surface area contributed by atoms with Crippen LogP contribution < -0.4 is 4.74 Å². The van der Waals surface area contributed by atoms with E-state index in [2.05, 4.69) is 10.2 Å². The Morgan fingerprint density at radius 1 is 0.889 bits per heavy atom. The number of rotatable bonds is 5. The Labute approximate surface area is 234 Å². The SMILES string of the molecule is Fc1cc(C2=Nn3c(COc4ccccc4Cl)nnc3S/C2=C\c2ccc(Cl)cc2Cl)c(Cl)cc1Cl. The number of ether oxygens (including phenoxy) is 1. The highest BCUT2D eigenvalue weighted by Crippen LogP contribution is 2.38. The molecule has 0 atom stereocenters. The monoisotopic (exact) mass is 598 g/mol. The van der Waals surface area contributed by atoms with Crippen molar-refractivity contribution in [3.05, 3.63) is 107 Å². The third-order valence-corrected chi connectivity index (χ3v) is 7.46. The van der Waals surface area contributed by atoms with Crippen LogP contribution >= 0.6 is 69.8 Å². The fraction of sp³-hybridized carbons (Fsp3) is 0.0417. The lowest BCUT2D eigenvalue weighted by Crippen LogP contribution is -2.15. The molecule has 0 saturated heterocycles. The first-order valence-electron chi connectivity index (χ1n) is 10.2. The molecular formula is C24H12Cl5FN4OS. The maximum absolute atomic E-state index is 14.5. The molecule has 0 radical (unpaired) electrons. The minimum absolute atomic E-state index is 0.0405. The first-order chi connectivity index (χ1) is 17.3.